The second kappa shape index (κ2) is 7.57. The van der Waals surface area contributed by atoms with E-state index in [4.69, 9.17) is 0 Å². The lowest BCUT2D eigenvalue weighted by Crippen LogP contribution is -2.16. The Kier molecular flexibility index (Phi) is 5.04. The zero-order chi connectivity index (χ0) is 17.6. The Hall–Kier alpha value is -3.21. The van der Waals surface area contributed by atoms with Crippen LogP contribution in [0.2, 0.25) is 0 Å². The number of amides is 1. The topological polar surface area (TPSA) is 66.9 Å². The number of carbonyl (C=O) groups excluding carboxylic acids is 1. The highest BCUT2D eigenvalue weighted by Crippen LogP contribution is 2.17. The zero-order valence-corrected chi connectivity index (χ0v) is 14.3. The van der Waals surface area contributed by atoms with E-state index in [1.54, 1.807) is 12.3 Å². The van der Waals surface area contributed by atoms with E-state index in [2.05, 4.69) is 20.6 Å². The van der Waals surface area contributed by atoms with Gasteiger partial charge in [-0.05, 0) is 37.1 Å². The van der Waals surface area contributed by atoms with Crippen molar-refractivity contribution < 1.29 is 4.79 Å². The maximum atomic E-state index is 12.4. The summed E-state index contributed by atoms with van der Waals surface area (Å²) in [6.07, 6.45) is 1.58. The number of rotatable bonds is 5. The predicted molar refractivity (Wildman–Crippen MR) is 99.7 cm³/mol. The van der Waals surface area contributed by atoms with E-state index in [9.17, 15) is 4.79 Å². The van der Waals surface area contributed by atoms with Gasteiger partial charge in [0.2, 0.25) is 5.95 Å². The van der Waals surface area contributed by atoms with Crippen molar-refractivity contribution in [2.24, 2.45) is 0 Å². The van der Waals surface area contributed by atoms with E-state index < -0.39 is 0 Å². The zero-order valence-electron chi connectivity index (χ0n) is 14.3. The molecule has 2 N–H and O–H groups in total. The Morgan fingerprint density at radius 2 is 1.84 bits per heavy atom. The van der Waals surface area contributed by atoms with E-state index in [-0.39, 0.29) is 5.91 Å². The van der Waals surface area contributed by atoms with Crippen LogP contribution in [-0.2, 0) is 6.54 Å². The van der Waals surface area contributed by atoms with Crippen LogP contribution in [0.15, 0.2) is 60.8 Å². The summed E-state index contributed by atoms with van der Waals surface area (Å²) in [5.74, 6) is 0.175. The quantitative estimate of drug-likeness (QED) is 0.742. The van der Waals surface area contributed by atoms with Gasteiger partial charge in [-0.2, -0.15) is 0 Å². The average Bonchev–Trinajstić information content (AvgIpc) is 2.63. The van der Waals surface area contributed by atoms with Crippen LogP contribution in [0.25, 0.3) is 0 Å². The molecular formula is C20H20N4O. The Balaban J connectivity index is 1.69. The van der Waals surface area contributed by atoms with Crippen molar-refractivity contribution in [3.63, 3.8) is 0 Å². The molecule has 1 aromatic heterocycles. The molecule has 0 fully saturated rings. The van der Waals surface area contributed by atoms with Gasteiger partial charge in [0.15, 0.2) is 0 Å². The molecule has 0 radical (unpaired) electrons. The molecule has 5 heteroatoms. The first-order chi connectivity index (χ1) is 12.1. The van der Waals surface area contributed by atoms with E-state index in [0.717, 1.165) is 22.4 Å². The molecule has 0 aliphatic heterocycles. The summed E-state index contributed by atoms with van der Waals surface area (Å²) in [6, 6.07) is 17.5. The Bertz CT molecular complexity index is 878. The minimum Gasteiger partial charge on any atom is -0.350 e. The second-order valence-corrected chi connectivity index (χ2v) is 5.88. The molecule has 1 heterocycles. The van der Waals surface area contributed by atoms with Crippen molar-refractivity contribution in [3.8, 4) is 0 Å². The molecule has 0 saturated carbocycles. The number of nitrogens with zero attached hydrogens (tertiary/aromatic N) is 2. The molecule has 1 amide bonds. The second-order valence-electron chi connectivity index (χ2n) is 5.88. The summed E-state index contributed by atoms with van der Waals surface area (Å²) < 4.78 is 0. The molecule has 0 aliphatic carbocycles. The van der Waals surface area contributed by atoms with Gasteiger partial charge in [-0.3, -0.25) is 4.79 Å². The van der Waals surface area contributed by atoms with Crippen LogP contribution < -0.4 is 10.6 Å². The van der Waals surface area contributed by atoms with Crippen LogP contribution >= 0.6 is 0 Å². The monoisotopic (exact) mass is 332 g/mol. The fourth-order valence-electron chi connectivity index (χ4n) is 2.49. The summed E-state index contributed by atoms with van der Waals surface area (Å²) in [5.41, 5.74) is 4.41. The Morgan fingerprint density at radius 1 is 1.04 bits per heavy atom. The van der Waals surface area contributed by atoms with Gasteiger partial charge < -0.3 is 10.6 Å². The van der Waals surface area contributed by atoms with Gasteiger partial charge in [0.05, 0.1) is 0 Å². The minimum absolute atomic E-state index is 0.253. The summed E-state index contributed by atoms with van der Waals surface area (Å²) in [5, 5.41) is 6.03. The molecule has 0 saturated heterocycles. The van der Waals surface area contributed by atoms with Gasteiger partial charge in [-0.25, -0.2) is 9.97 Å². The van der Waals surface area contributed by atoms with Crippen LogP contribution in [0.4, 0.5) is 11.6 Å². The molecule has 0 aliphatic rings. The highest BCUT2D eigenvalue weighted by molar-refractivity contribution is 6.03. The molecule has 0 unspecified atom stereocenters. The van der Waals surface area contributed by atoms with Gasteiger partial charge in [-0.1, -0.05) is 48.0 Å². The van der Waals surface area contributed by atoms with Gasteiger partial charge in [-0.15, -0.1) is 0 Å². The number of aromatic nitrogens is 2. The SMILES string of the molecule is Cc1ccc(NC(=O)c2ccnc(NCc3ccccc3)n2)c(C)c1. The highest BCUT2D eigenvalue weighted by atomic mass is 16.1. The standard InChI is InChI=1S/C20H20N4O/c1-14-8-9-17(15(2)12-14)23-19(25)18-10-11-21-20(24-18)22-13-16-6-4-3-5-7-16/h3-12H,13H2,1-2H3,(H,23,25)(H,21,22,24). The van der Waals surface area contributed by atoms with Crippen molar-refractivity contribution in [3.05, 3.63) is 83.2 Å². The Morgan fingerprint density at radius 3 is 2.60 bits per heavy atom. The van der Waals surface area contributed by atoms with Crippen LogP contribution in [0.1, 0.15) is 27.2 Å². The lowest BCUT2D eigenvalue weighted by atomic mass is 10.1. The van der Waals surface area contributed by atoms with Crippen LogP contribution in [0.5, 0.6) is 0 Å². The number of hydrogen-bond acceptors (Lipinski definition) is 4. The van der Waals surface area contributed by atoms with Crippen molar-refractivity contribution >= 4 is 17.5 Å². The molecule has 3 aromatic rings. The highest BCUT2D eigenvalue weighted by Gasteiger charge is 2.10. The smallest absolute Gasteiger partial charge is 0.274 e. The molecule has 0 spiro atoms. The molecule has 0 atom stereocenters. The summed E-state index contributed by atoms with van der Waals surface area (Å²) in [6.45, 7) is 4.59. The first-order valence-electron chi connectivity index (χ1n) is 8.11. The fourth-order valence-corrected chi connectivity index (χ4v) is 2.49. The Labute approximate surface area is 147 Å². The van der Waals surface area contributed by atoms with Crippen molar-refractivity contribution in [1.82, 2.24) is 9.97 Å². The van der Waals surface area contributed by atoms with Crippen LogP contribution in [0, 0.1) is 13.8 Å². The van der Waals surface area contributed by atoms with E-state index in [1.165, 1.54) is 0 Å². The fraction of sp³-hybridized carbons (Fsp3) is 0.150. The number of carbonyl (C=O) groups is 1. The van der Waals surface area contributed by atoms with E-state index in [0.29, 0.717) is 18.2 Å². The van der Waals surface area contributed by atoms with Gasteiger partial charge in [0.1, 0.15) is 5.69 Å². The number of benzene rings is 2. The predicted octanol–water partition coefficient (Wildman–Crippen LogP) is 3.96. The summed E-state index contributed by atoms with van der Waals surface area (Å²) in [7, 11) is 0. The molecule has 2 aromatic carbocycles. The third-order valence-electron chi connectivity index (χ3n) is 3.81. The van der Waals surface area contributed by atoms with Crippen LogP contribution in [0.3, 0.4) is 0 Å². The van der Waals surface area contributed by atoms with Crippen LogP contribution in [-0.4, -0.2) is 15.9 Å². The summed E-state index contributed by atoms with van der Waals surface area (Å²) in [4.78, 5) is 20.9. The number of hydrogen-bond donors (Lipinski definition) is 2. The van der Waals surface area contributed by atoms with E-state index in [1.807, 2.05) is 62.4 Å². The molecule has 126 valence electrons. The maximum Gasteiger partial charge on any atom is 0.274 e. The van der Waals surface area contributed by atoms with Crippen molar-refractivity contribution in [2.45, 2.75) is 20.4 Å². The summed E-state index contributed by atoms with van der Waals surface area (Å²) >= 11 is 0. The third-order valence-corrected chi connectivity index (χ3v) is 3.81. The van der Waals surface area contributed by atoms with Gasteiger partial charge in [0.25, 0.3) is 5.91 Å². The normalized spacial score (nSPS) is 10.3. The largest absolute Gasteiger partial charge is 0.350 e. The number of nitrogens with one attached hydrogen (secondary N) is 2. The lowest BCUT2D eigenvalue weighted by molar-refractivity contribution is 0.102. The lowest BCUT2D eigenvalue weighted by Gasteiger charge is -2.10. The number of anilines is 2. The maximum absolute atomic E-state index is 12.4. The van der Waals surface area contributed by atoms with Crippen molar-refractivity contribution in [2.75, 3.05) is 10.6 Å². The third kappa shape index (κ3) is 4.41. The minimum atomic E-state index is -0.253. The molecule has 3 rings (SSSR count). The van der Waals surface area contributed by atoms with Gasteiger partial charge >= 0.3 is 0 Å². The molecule has 0 bridgehead atoms. The van der Waals surface area contributed by atoms with Gasteiger partial charge in [0, 0.05) is 18.4 Å². The first kappa shape index (κ1) is 16.6. The molecule has 5 nitrogen and oxygen atoms in total. The molecule has 25 heavy (non-hydrogen) atoms. The van der Waals surface area contributed by atoms with E-state index >= 15 is 0 Å². The first-order valence-corrected chi connectivity index (χ1v) is 8.11. The molecular weight excluding hydrogens is 312 g/mol. The average molecular weight is 332 g/mol. The number of aryl methyl sites for hydroxylation is 2. The van der Waals surface area contributed by atoms with Crippen molar-refractivity contribution in [1.29, 1.82) is 0 Å².